The Hall–Kier alpha value is -1.66. The van der Waals surface area contributed by atoms with Crippen LogP contribution >= 0.6 is 0 Å². The lowest BCUT2D eigenvalue weighted by atomic mass is 10.0. The predicted molar refractivity (Wildman–Crippen MR) is 74.5 cm³/mol. The fourth-order valence-electron chi connectivity index (χ4n) is 2.42. The molecule has 0 spiro atoms. The van der Waals surface area contributed by atoms with Crippen molar-refractivity contribution in [2.45, 2.75) is 31.3 Å². The number of hydrogen-bond acceptors (Lipinski definition) is 3. The van der Waals surface area contributed by atoms with Crippen molar-refractivity contribution in [2.75, 3.05) is 20.5 Å². The number of amides is 1. The predicted octanol–water partition coefficient (Wildman–Crippen LogP) is 3.02. The Balaban J connectivity index is 2.17. The summed E-state index contributed by atoms with van der Waals surface area (Å²) in [7, 11) is 1.52. The van der Waals surface area contributed by atoms with Crippen LogP contribution in [-0.2, 0) is 9.47 Å². The van der Waals surface area contributed by atoms with E-state index in [1.165, 1.54) is 18.1 Å². The van der Waals surface area contributed by atoms with E-state index >= 15 is 0 Å². The topological polar surface area (TPSA) is 59.0 Å². The summed E-state index contributed by atoms with van der Waals surface area (Å²) < 4.78 is 24.1. The van der Waals surface area contributed by atoms with Crippen molar-refractivity contribution in [2.24, 2.45) is 0 Å². The summed E-state index contributed by atoms with van der Waals surface area (Å²) in [5.74, 6) is -0.388. The third-order valence-corrected chi connectivity index (χ3v) is 3.50. The molecule has 21 heavy (non-hydrogen) atoms. The van der Waals surface area contributed by atoms with Crippen molar-refractivity contribution >= 4 is 6.09 Å². The zero-order valence-electron chi connectivity index (χ0n) is 12.0. The van der Waals surface area contributed by atoms with Gasteiger partial charge in [-0.25, -0.2) is 9.18 Å². The Bertz CT molecular complexity index is 478. The monoisotopic (exact) mass is 297 g/mol. The highest BCUT2D eigenvalue weighted by Crippen LogP contribution is 2.37. The van der Waals surface area contributed by atoms with Gasteiger partial charge in [0.25, 0.3) is 0 Å². The lowest BCUT2D eigenvalue weighted by Gasteiger charge is -2.30. The summed E-state index contributed by atoms with van der Waals surface area (Å²) in [6.07, 6.45) is 1.04. The van der Waals surface area contributed by atoms with Gasteiger partial charge in [0.15, 0.2) is 0 Å². The summed E-state index contributed by atoms with van der Waals surface area (Å²) in [5, 5.41) is 9.45. The minimum absolute atomic E-state index is 0.0190. The molecule has 0 aromatic heterocycles. The van der Waals surface area contributed by atoms with Crippen LogP contribution in [0, 0.1) is 5.82 Å². The minimum atomic E-state index is -1.02. The van der Waals surface area contributed by atoms with E-state index in [4.69, 9.17) is 9.47 Å². The first-order valence-electron chi connectivity index (χ1n) is 6.97. The zero-order valence-corrected chi connectivity index (χ0v) is 12.0. The molecule has 2 rings (SSSR count). The van der Waals surface area contributed by atoms with E-state index in [1.54, 1.807) is 18.2 Å². The van der Waals surface area contributed by atoms with Gasteiger partial charge in [0.1, 0.15) is 12.6 Å². The van der Waals surface area contributed by atoms with Gasteiger partial charge in [-0.2, -0.15) is 0 Å². The SMILES string of the molecule is COCOCC[C@@H](c1ccccc1F)N(C(=O)O)C1CC1. The molecule has 6 heteroatoms. The minimum Gasteiger partial charge on any atom is -0.465 e. The van der Waals surface area contributed by atoms with Gasteiger partial charge in [0, 0.05) is 18.7 Å². The van der Waals surface area contributed by atoms with Crippen LogP contribution in [0.2, 0.25) is 0 Å². The molecule has 1 aromatic carbocycles. The van der Waals surface area contributed by atoms with Crippen molar-refractivity contribution in [3.05, 3.63) is 35.6 Å². The van der Waals surface area contributed by atoms with Crippen LogP contribution in [0.15, 0.2) is 24.3 Å². The van der Waals surface area contributed by atoms with Gasteiger partial charge < -0.3 is 14.6 Å². The van der Waals surface area contributed by atoms with Crippen LogP contribution in [-0.4, -0.2) is 42.7 Å². The number of hydrogen-bond donors (Lipinski definition) is 1. The fourth-order valence-corrected chi connectivity index (χ4v) is 2.42. The molecule has 0 unspecified atom stereocenters. The molecule has 1 aromatic rings. The maximum atomic E-state index is 14.0. The van der Waals surface area contributed by atoms with Gasteiger partial charge in [-0.1, -0.05) is 18.2 Å². The summed E-state index contributed by atoms with van der Waals surface area (Å²) in [6.45, 7) is 0.448. The Kier molecular flexibility index (Phi) is 5.52. The lowest BCUT2D eigenvalue weighted by Crippen LogP contribution is -2.36. The average Bonchev–Trinajstić information content (AvgIpc) is 3.27. The summed E-state index contributed by atoms with van der Waals surface area (Å²) in [4.78, 5) is 12.9. The average molecular weight is 297 g/mol. The molecule has 0 radical (unpaired) electrons. The van der Waals surface area contributed by atoms with Crippen LogP contribution in [0.4, 0.5) is 9.18 Å². The molecule has 1 fully saturated rings. The van der Waals surface area contributed by atoms with Crippen molar-refractivity contribution < 1.29 is 23.8 Å². The van der Waals surface area contributed by atoms with Gasteiger partial charge in [0.05, 0.1) is 12.6 Å². The largest absolute Gasteiger partial charge is 0.465 e. The van der Waals surface area contributed by atoms with Crippen molar-refractivity contribution in [1.82, 2.24) is 4.90 Å². The first-order chi connectivity index (χ1) is 10.1. The molecular weight excluding hydrogens is 277 g/mol. The fraction of sp³-hybridized carbons (Fsp3) is 0.533. The van der Waals surface area contributed by atoms with Crippen LogP contribution < -0.4 is 0 Å². The zero-order chi connectivity index (χ0) is 15.2. The van der Waals surface area contributed by atoms with Crippen LogP contribution in [0.5, 0.6) is 0 Å². The standard InChI is InChI=1S/C15H20FNO4/c1-20-10-21-9-8-14(12-4-2-3-5-13(12)16)17(15(18)19)11-6-7-11/h2-5,11,14H,6-10H2,1H3,(H,18,19)/t14-/m0/s1. The first-order valence-corrected chi connectivity index (χ1v) is 6.97. The number of carbonyl (C=O) groups is 1. The second kappa shape index (κ2) is 7.38. The molecule has 1 saturated carbocycles. The molecular formula is C15H20FNO4. The summed E-state index contributed by atoms with van der Waals surface area (Å²) >= 11 is 0. The van der Waals surface area contributed by atoms with Gasteiger partial charge in [-0.3, -0.25) is 4.90 Å². The number of methoxy groups -OCH3 is 1. The second-order valence-corrected chi connectivity index (χ2v) is 5.06. The highest BCUT2D eigenvalue weighted by Gasteiger charge is 2.38. The number of benzene rings is 1. The number of rotatable bonds is 8. The van der Waals surface area contributed by atoms with E-state index < -0.39 is 12.1 Å². The molecule has 1 atom stereocenters. The molecule has 1 aliphatic carbocycles. The molecule has 1 N–H and O–H groups in total. The molecule has 0 bridgehead atoms. The Morgan fingerprint density at radius 1 is 1.48 bits per heavy atom. The van der Waals surface area contributed by atoms with Crippen LogP contribution in [0.25, 0.3) is 0 Å². The second-order valence-electron chi connectivity index (χ2n) is 5.06. The first kappa shape index (κ1) is 15.7. The maximum absolute atomic E-state index is 14.0. The summed E-state index contributed by atoms with van der Waals surface area (Å²) in [5.41, 5.74) is 0.396. The number of nitrogens with zero attached hydrogens (tertiary/aromatic N) is 1. The third kappa shape index (κ3) is 4.15. The molecule has 0 saturated heterocycles. The summed E-state index contributed by atoms with van der Waals surface area (Å²) in [6, 6.07) is 5.75. The van der Waals surface area contributed by atoms with Gasteiger partial charge in [0.2, 0.25) is 0 Å². The smallest absolute Gasteiger partial charge is 0.408 e. The quantitative estimate of drug-likeness (QED) is 0.592. The molecule has 5 nitrogen and oxygen atoms in total. The Morgan fingerprint density at radius 3 is 2.76 bits per heavy atom. The number of ether oxygens (including phenoxy) is 2. The van der Waals surface area contributed by atoms with E-state index in [0.717, 1.165) is 12.8 Å². The Morgan fingerprint density at radius 2 is 2.19 bits per heavy atom. The van der Waals surface area contributed by atoms with Gasteiger partial charge in [-0.05, 0) is 25.3 Å². The van der Waals surface area contributed by atoms with Gasteiger partial charge >= 0.3 is 6.09 Å². The normalized spacial score (nSPS) is 15.7. The van der Waals surface area contributed by atoms with E-state index in [2.05, 4.69) is 0 Å². The van der Waals surface area contributed by atoms with E-state index in [1.807, 2.05) is 0 Å². The highest BCUT2D eigenvalue weighted by molar-refractivity contribution is 5.66. The molecule has 1 aliphatic rings. The maximum Gasteiger partial charge on any atom is 0.408 e. The number of halogens is 1. The molecule has 1 amide bonds. The Labute approximate surface area is 123 Å². The van der Waals surface area contributed by atoms with Crippen molar-refractivity contribution in [3.63, 3.8) is 0 Å². The van der Waals surface area contributed by atoms with E-state index in [9.17, 15) is 14.3 Å². The van der Waals surface area contributed by atoms with Crippen LogP contribution in [0.3, 0.4) is 0 Å². The lowest BCUT2D eigenvalue weighted by molar-refractivity contribution is -0.0366. The van der Waals surface area contributed by atoms with Gasteiger partial charge in [-0.15, -0.1) is 0 Å². The third-order valence-electron chi connectivity index (χ3n) is 3.50. The van der Waals surface area contributed by atoms with Crippen molar-refractivity contribution in [3.8, 4) is 0 Å². The highest BCUT2D eigenvalue weighted by atomic mass is 19.1. The van der Waals surface area contributed by atoms with Crippen LogP contribution in [0.1, 0.15) is 30.9 Å². The molecule has 116 valence electrons. The number of carboxylic acid groups (broad SMARTS) is 1. The van der Waals surface area contributed by atoms with Crippen molar-refractivity contribution in [1.29, 1.82) is 0 Å². The van der Waals surface area contributed by atoms with E-state index in [0.29, 0.717) is 18.6 Å². The van der Waals surface area contributed by atoms with E-state index in [-0.39, 0.29) is 18.7 Å². The molecule has 0 aliphatic heterocycles. The molecule has 0 heterocycles.